The molecule has 32 heavy (non-hydrogen) atoms. The number of nitrogens with zero attached hydrogens (tertiary/aromatic N) is 3. The van der Waals surface area contributed by atoms with Crippen molar-refractivity contribution >= 4 is 29.1 Å². The fraction of sp³-hybridized carbons (Fsp3) is 0.261. The molecule has 1 heterocycles. The van der Waals surface area contributed by atoms with Crippen molar-refractivity contribution in [3.05, 3.63) is 63.9 Å². The molecule has 3 aromatic rings. The Bertz CT molecular complexity index is 1170. The van der Waals surface area contributed by atoms with Gasteiger partial charge in [0.1, 0.15) is 0 Å². The van der Waals surface area contributed by atoms with E-state index in [-0.39, 0.29) is 17.4 Å². The number of aromatic nitrogens is 2. The number of nitrogens with one attached hydrogen (secondary N) is 1. The lowest BCUT2D eigenvalue weighted by Gasteiger charge is -2.18. The molecule has 0 radical (unpaired) electrons. The summed E-state index contributed by atoms with van der Waals surface area (Å²) in [5.41, 5.74) is 3.36. The fourth-order valence-electron chi connectivity index (χ4n) is 3.22. The number of rotatable bonds is 6. The zero-order valence-corrected chi connectivity index (χ0v) is 19.6. The van der Waals surface area contributed by atoms with Crippen molar-refractivity contribution in [2.24, 2.45) is 0 Å². The molecule has 0 aliphatic rings. The third-order valence-electron chi connectivity index (χ3n) is 4.99. The van der Waals surface area contributed by atoms with E-state index in [9.17, 15) is 9.59 Å². The molecule has 0 fully saturated rings. The maximum absolute atomic E-state index is 12.9. The van der Waals surface area contributed by atoms with Crippen LogP contribution in [-0.2, 0) is 0 Å². The number of hydrogen-bond donors (Lipinski definition) is 1. The molecule has 0 unspecified atom stereocenters. The molecule has 3 rings (SSSR count). The number of ether oxygens (including phenoxy) is 2. The summed E-state index contributed by atoms with van der Waals surface area (Å²) < 4.78 is 12.3. The Morgan fingerprint density at radius 2 is 1.62 bits per heavy atom. The molecular formula is C23H25ClN4O4. The topological polar surface area (TPSA) is 85.7 Å². The molecule has 9 heteroatoms. The molecule has 2 aromatic carbocycles. The van der Waals surface area contributed by atoms with Crippen molar-refractivity contribution in [2.45, 2.75) is 13.8 Å². The SMILES string of the molecule is COc1cc(NC(=O)c2ccc(-n3nc(C)c(Cl)c3C)cc2)c(C(=O)N(C)C)cc1OC. The van der Waals surface area contributed by atoms with Gasteiger partial charge in [-0.15, -0.1) is 0 Å². The lowest BCUT2D eigenvalue weighted by Crippen LogP contribution is -2.24. The normalized spacial score (nSPS) is 10.6. The van der Waals surface area contributed by atoms with Crippen LogP contribution in [0.25, 0.3) is 5.69 Å². The van der Waals surface area contributed by atoms with E-state index in [0.29, 0.717) is 27.8 Å². The highest BCUT2D eigenvalue weighted by Gasteiger charge is 2.20. The van der Waals surface area contributed by atoms with E-state index < -0.39 is 0 Å². The van der Waals surface area contributed by atoms with E-state index >= 15 is 0 Å². The highest BCUT2D eigenvalue weighted by Crippen LogP contribution is 2.34. The summed E-state index contributed by atoms with van der Waals surface area (Å²) in [6.45, 7) is 3.71. The Balaban J connectivity index is 1.92. The number of methoxy groups -OCH3 is 2. The number of halogens is 1. The Hall–Kier alpha value is -3.52. The maximum atomic E-state index is 12.9. The van der Waals surface area contributed by atoms with Gasteiger partial charge in [-0.1, -0.05) is 11.6 Å². The van der Waals surface area contributed by atoms with Crippen molar-refractivity contribution < 1.29 is 19.1 Å². The van der Waals surface area contributed by atoms with Crippen LogP contribution in [-0.4, -0.2) is 54.8 Å². The van der Waals surface area contributed by atoms with Gasteiger partial charge in [0, 0.05) is 25.7 Å². The molecule has 1 aromatic heterocycles. The molecule has 0 aliphatic heterocycles. The van der Waals surface area contributed by atoms with Gasteiger partial charge in [-0.25, -0.2) is 4.68 Å². The van der Waals surface area contributed by atoms with Gasteiger partial charge in [0.2, 0.25) is 0 Å². The van der Waals surface area contributed by atoms with Gasteiger partial charge in [0.25, 0.3) is 11.8 Å². The van der Waals surface area contributed by atoms with E-state index in [1.54, 1.807) is 55.2 Å². The summed E-state index contributed by atoms with van der Waals surface area (Å²) in [5.74, 6) is 0.138. The smallest absolute Gasteiger partial charge is 0.255 e. The fourth-order valence-corrected chi connectivity index (χ4v) is 3.34. The van der Waals surface area contributed by atoms with Gasteiger partial charge in [-0.05, 0) is 44.2 Å². The Kier molecular flexibility index (Phi) is 6.74. The monoisotopic (exact) mass is 456 g/mol. The molecule has 2 amide bonds. The minimum absolute atomic E-state index is 0.280. The van der Waals surface area contributed by atoms with Crippen molar-refractivity contribution in [1.82, 2.24) is 14.7 Å². The molecule has 1 N–H and O–H groups in total. The average Bonchev–Trinajstić information content (AvgIpc) is 3.05. The highest BCUT2D eigenvalue weighted by atomic mass is 35.5. The summed E-state index contributed by atoms with van der Waals surface area (Å²) in [4.78, 5) is 27.0. The lowest BCUT2D eigenvalue weighted by atomic mass is 10.1. The first kappa shape index (κ1) is 23.1. The second-order valence-corrected chi connectivity index (χ2v) is 7.73. The quantitative estimate of drug-likeness (QED) is 0.603. The Morgan fingerprint density at radius 3 is 2.12 bits per heavy atom. The molecular weight excluding hydrogens is 432 g/mol. The van der Waals surface area contributed by atoms with Gasteiger partial charge in [-0.2, -0.15) is 5.10 Å². The zero-order valence-electron chi connectivity index (χ0n) is 18.8. The van der Waals surface area contributed by atoms with E-state index in [2.05, 4.69) is 10.4 Å². The van der Waals surface area contributed by atoms with Gasteiger partial charge in [0.15, 0.2) is 11.5 Å². The summed E-state index contributed by atoms with van der Waals surface area (Å²) in [6, 6.07) is 10.1. The molecule has 0 saturated carbocycles. The van der Waals surface area contributed by atoms with E-state index in [4.69, 9.17) is 21.1 Å². The minimum Gasteiger partial charge on any atom is -0.493 e. The van der Waals surface area contributed by atoms with Crippen LogP contribution in [0.5, 0.6) is 11.5 Å². The van der Waals surface area contributed by atoms with Crippen LogP contribution in [0.2, 0.25) is 5.02 Å². The molecule has 8 nitrogen and oxygen atoms in total. The molecule has 0 saturated heterocycles. The number of amides is 2. The number of anilines is 1. The maximum Gasteiger partial charge on any atom is 0.255 e. The van der Waals surface area contributed by atoms with Crippen molar-refractivity contribution in [1.29, 1.82) is 0 Å². The molecule has 0 aliphatic carbocycles. The molecule has 0 spiro atoms. The molecule has 0 bridgehead atoms. The van der Waals surface area contributed by atoms with Crippen LogP contribution < -0.4 is 14.8 Å². The van der Waals surface area contributed by atoms with E-state index in [0.717, 1.165) is 17.1 Å². The first-order valence-corrected chi connectivity index (χ1v) is 10.2. The summed E-state index contributed by atoms with van der Waals surface area (Å²) >= 11 is 6.23. The number of aryl methyl sites for hydroxylation is 1. The van der Waals surface area contributed by atoms with Crippen molar-refractivity contribution in [2.75, 3.05) is 33.6 Å². The number of benzene rings is 2. The average molecular weight is 457 g/mol. The van der Waals surface area contributed by atoms with Gasteiger partial charge in [-0.3, -0.25) is 9.59 Å². The first-order chi connectivity index (χ1) is 15.2. The number of carbonyl (C=O) groups is 2. The third kappa shape index (κ3) is 4.40. The Morgan fingerprint density at radius 1 is 1.03 bits per heavy atom. The van der Waals surface area contributed by atoms with E-state index in [1.165, 1.54) is 19.1 Å². The second kappa shape index (κ2) is 9.32. The predicted molar refractivity (Wildman–Crippen MR) is 124 cm³/mol. The summed E-state index contributed by atoms with van der Waals surface area (Å²) in [5, 5.41) is 7.84. The third-order valence-corrected chi connectivity index (χ3v) is 5.53. The highest BCUT2D eigenvalue weighted by molar-refractivity contribution is 6.31. The zero-order chi connectivity index (χ0) is 23.6. The first-order valence-electron chi connectivity index (χ1n) is 9.79. The van der Waals surface area contributed by atoms with Crippen LogP contribution in [0.1, 0.15) is 32.1 Å². The number of hydrogen-bond acceptors (Lipinski definition) is 5. The summed E-state index contributed by atoms with van der Waals surface area (Å²) in [6.07, 6.45) is 0. The van der Waals surface area contributed by atoms with Crippen LogP contribution in [0.3, 0.4) is 0 Å². The minimum atomic E-state index is -0.372. The van der Waals surface area contributed by atoms with Crippen LogP contribution in [0.4, 0.5) is 5.69 Å². The number of carbonyl (C=O) groups excluding carboxylic acids is 2. The van der Waals surface area contributed by atoms with Gasteiger partial charge < -0.3 is 19.7 Å². The van der Waals surface area contributed by atoms with Crippen LogP contribution >= 0.6 is 11.6 Å². The standard InChI is InChI=1S/C23H25ClN4O4/c1-13-21(24)14(2)28(26-13)16-9-7-15(8-10-16)22(29)25-18-12-20(32-6)19(31-5)11-17(18)23(30)27(3)4/h7-12H,1-6H3,(H,25,29). The molecule has 0 atom stereocenters. The van der Waals surface area contributed by atoms with Crippen molar-refractivity contribution in [3.8, 4) is 17.2 Å². The molecule has 168 valence electrons. The summed E-state index contributed by atoms with van der Waals surface area (Å²) in [7, 11) is 6.24. The van der Waals surface area contributed by atoms with Gasteiger partial charge in [0.05, 0.1) is 47.6 Å². The largest absolute Gasteiger partial charge is 0.493 e. The van der Waals surface area contributed by atoms with Crippen LogP contribution in [0, 0.1) is 13.8 Å². The van der Waals surface area contributed by atoms with Crippen molar-refractivity contribution in [3.63, 3.8) is 0 Å². The predicted octanol–water partition coefficient (Wildman–Crippen LogP) is 4.11. The van der Waals surface area contributed by atoms with Crippen LogP contribution in [0.15, 0.2) is 36.4 Å². The Labute approximate surface area is 191 Å². The van der Waals surface area contributed by atoms with E-state index in [1.807, 2.05) is 13.8 Å². The second-order valence-electron chi connectivity index (χ2n) is 7.35. The van der Waals surface area contributed by atoms with Gasteiger partial charge >= 0.3 is 0 Å². The lowest BCUT2D eigenvalue weighted by molar-refractivity contribution is 0.0828.